The predicted molar refractivity (Wildman–Crippen MR) is 97.3 cm³/mol. The van der Waals surface area contributed by atoms with Crippen LogP contribution < -0.4 is 10.6 Å². The maximum atomic E-state index is 12.0. The minimum Gasteiger partial charge on any atom is -0.385 e. The number of rotatable bonds is 7. The molecule has 0 aliphatic heterocycles. The van der Waals surface area contributed by atoms with E-state index in [4.69, 9.17) is 16.3 Å². The number of ether oxygens (including phenoxy) is 1. The number of carbonyl (C=O) groups excluding carboxylic acids is 1. The fraction of sp³-hybridized carbons (Fsp3) is 0.333. The van der Waals surface area contributed by atoms with Crippen molar-refractivity contribution in [1.29, 1.82) is 0 Å². The van der Waals surface area contributed by atoms with Crippen LogP contribution in [0.25, 0.3) is 0 Å². The summed E-state index contributed by atoms with van der Waals surface area (Å²) < 4.78 is 4.94. The molecule has 128 valence electrons. The summed E-state index contributed by atoms with van der Waals surface area (Å²) in [7, 11) is 1.64. The molecular weight excluding hydrogens is 326 g/mol. The maximum absolute atomic E-state index is 12.0. The lowest BCUT2D eigenvalue weighted by Crippen LogP contribution is -2.26. The zero-order chi connectivity index (χ0) is 17.5. The Balaban J connectivity index is 2.01. The number of nitrogens with zero attached hydrogens (tertiary/aromatic N) is 1. The number of benzene rings is 1. The summed E-state index contributed by atoms with van der Waals surface area (Å²) in [6, 6.07) is 7.47. The second kappa shape index (κ2) is 8.66. The average Bonchev–Trinajstić information content (AvgIpc) is 2.55. The normalized spacial score (nSPS) is 10.5. The van der Waals surface area contributed by atoms with Crippen molar-refractivity contribution in [1.82, 2.24) is 10.3 Å². The van der Waals surface area contributed by atoms with Crippen molar-refractivity contribution in [3.8, 4) is 0 Å². The van der Waals surface area contributed by atoms with Gasteiger partial charge in [0.1, 0.15) is 5.69 Å². The zero-order valence-corrected chi connectivity index (χ0v) is 14.9. The van der Waals surface area contributed by atoms with E-state index in [0.29, 0.717) is 23.9 Å². The van der Waals surface area contributed by atoms with Gasteiger partial charge in [-0.2, -0.15) is 0 Å². The van der Waals surface area contributed by atoms with Crippen LogP contribution in [-0.2, 0) is 4.74 Å². The topological polar surface area (TPSA) is 63.2 Å². The molecule has 0 unspecified atom stereocenters. The molecule has 1 heterocycles. The molecule has 24 heavy (non-hydrogen) atoms. The van der Waals surface area contributed by atoms with Gasteiger partial charge < -0.3 is 15.4 Å². The van der Waals surface area contributed by atoms with Gasteiger partial charge in [-0.05, 0) is 49.6 Å². The van der Waals surface area contributed by atoms with Gasteiger partial charge >= 0.3 is 0 Å². The summed E-state index contributed by atoms with van der Waals surface area (Å²) in [5.74, 6) is -0.192. The van der Waals surface area contributed by atoms with Crippen LogP contribution in [0.2, 0.25) is 5.02 Å². The van der Waals surface area contributed by atoms with Crippen molar-refractivity contribution >= 4 is 28.9 Å². The molecule has 0 fully saturated rings. The summed E-state index contributed by atoms with van der Waals surface area (Å²) in [6.07, 6.45) is 2.40. The number of nitrogens with one attached hydrogen (secondary N) is 2. The number of halogens is 1. The number of carbonyl (C=O) groups is 1. The van der Waals surface area contributed by atoms with Crippen LogP contribution in [0, 0.1) is 13.8 Å². The Hall–Kier alpha value is -2.11. The van der Waals surface area contributed by atoms with Gasteiger partial charge in [0.05, 0.1) is 22.6 Å². The molecule has 1 aromatic heterocycles. The first-order valence-electron chi connectivity index (χ1n) is 7.78. The number of aromatic nitrogens is 1. The standard InChI is InChI=1S/C18H22ClN3O2/c1-12-9-13(2)17(15(19)10-12)22-14-5-6-16(21-11-14)18(23)20-7-4-8-24-3/h5-6,9-11,22H,4,7-8H2,1-3H3,(H,20,23). The first kappa shape index (κ1) is 18.2. The SMILES string of the molecule is COCCCNC(=O)c1ccc(Nc2c(C)cc(C)cc2Cl)cn1. The van der Waals surface area contributed by atoms with E-state index in [-0.39, 0.29) is 5.91 Å². The number of anilines is 2. The van der Waals surface area contributed by atoms with E-state index in [1.54, 1.807) is 19.4 Å². The first-order chi connectivity index (χ1) is 11.5. The minimum absolute atomic E-state index is 0.192. The van der Waals surface area contributed by atoms with E-state index in [0.717, 1.165) is 28.9 Å². The van der Waals surface area contributed by atoms with E-state index in [2.05, 4.69) is 21.7 Å². The highest BCUT2D eigenvalue weighted by molar-refractivity contribution is 6.33. The number of amides is 1. The number of aryl methyl sites for hydroxylation is 2. The van der Waals surface area contributed by atoms with E-state index < -0.39 is 0 Å². The highest BCUT2D eigenvalue weighted by atomic mass is 35.5. The van der Waals surface area contributed by atoms with Crippen molar-refractivity contribution in [3.63, 3.8) is 0 Å². The molecule has 0 saturated heterocycles. The van der Waals surface area contributed by atoms with E-state index in [9.17, 15) is 4.79 Å². The molecule has 0 bridgehead atoms. The number of hydrogen-bond donors (Lipinski definition) is 2. The molecule has 1 aromatic carbocycles. The number of pyridine rings is 1. The van der Waals surface area contributed by atoms with Crippen LogP contribution in [0.1, 0.15) is 28.0 Å². The van der Waals surface area contributed by atoms with Crippen LogP contribution in [0.5, 0.6) is 0 Å². The second-order valence-electron chi connectivity index (χ2n) is 5.60. The fourth-order valence-corrected chi connectivity index (χ4v) is 2.70. The van der Waals surface area contributed by atoms with Gasteiger partial charge in [-0.25, -0.2) is 4.98 Å². The molecule has 5 nitrogen and oxygen atoms in total. The van der Waals surface area contributed by atoms with Crippen molar-refractivity contribution in [2.75, 3.05) is 25.6 Å². The third kappa shape index (κ3) is 4.94. The number of methoxy groups -OCH3 is 1. The third-order valence-corrected chi connectivity index (χ3v) is 3.81. The zero-order valence-electron chi connectivity index (χ0n) is 14.1. The van der Waals surface area contributed by atoms with Gasteiger partial charge in [0, 0.05) is 20.3 Å². The summed E-state index contributed by atoms with van der Waals surface area (Å²) >= 11 is 6.29. The Morgan fingerprint density at radius 2 is 2.08 bits per heavy atom. The lowest BCUT2D eigenvalue weighted by Gasteiger charge is -2.12. The minimum atomic E-state index is -0.192. The predicted octanol–water partition coefficient (Wildman–Crippen LogP) is 3.86. The van der Waals surface area contributed by atoms with Gasteiger partial charge in [0.2, 0.25) is 0 Å². The molecule has 1 amide bonds. The summed E-state index contributed by atoms with van der Waals surface area (Å²) in [5, 5.41) is 6.72. The number of hydrogen-bond acceptors (Lipinski definition) is 4. The molecule has 0 atom stereocenters. The summed E-state index contributed by atoms with van der Waals surface area (Å²) in [5.41, 5.74) is 4.17. The molecule has 0 spiro atoms. The molecule has 0 aliphatic rings. The molecule has 0 aliphatic carbocycles. The molecule has 2 N–H and O–H groups in total. The highest BCUT2D eigenvalue weighted by Gasteiger charge is 2.09. The van der Waals surface area contributed by atoms with E-state index >= 15 is 0 Å². The molecule has 0 saturated carbocycles. The van der Waals surface area contributed by atoms with Crippen LogP contribution >= 0.6 is 11.6 Å². The molecule has 0 radical (unpaired) electrons. The Morgan fingerprint density at radius 1 is 1.29 bits per heavy atom. The summed E-state index contributed by atoms with van der Waals surface area (Å²) in [4.78, 5) is 16.2. The lowest BCUT2D eigenvalue weighted by molar-refractivity contribution is 0.0943. The third-order valence-electron chi connectivity index (χ3n) is 3.51. The van der Waals surface area contributed by atoms with Crippen molar-refractivity contribution in [2.45, 2.75) is 20.3 Å². The van der Waals surface area contributed by atoms with Crippen molar-refractivity contribution in [3.05, 3.63) is 52.3 Å². The quantitative estimate of drug-likeness (QED) is 0.746. The Labute approximate surface area is 147 Å². The van der Waals surface area contributed by atoms with E-state index in [1.165, 1.54) is 0 Å². The van der Waals surface area contributed by atoms with Crippen molar-refractivity contribution < 1.29 is 9.53 Å². The van der Waals surface area contributed by atoms with Gasteiger partial charge in [0.25, 0.3) is 5.91 Å². The molecule has 2 aromatic rings. The Kier molecular flexibility index (Phi) is 6.58. The lowest BCUT2D eigenvalue weighted by atomic mass is 10.1. The second-order valence-corrected chi connectivity index (χ2v) is 6.01. The largest absolute Gasteiger partial charge is 0.385 e. The molecule has 2 rings (SSSR count). The fourth-order valence-electron chi connectivity index (χ4n) is 2.33. The van der Waals surface area contributed by atoms with Gasteiger partial charge in [0.15, 0.2) is 0 Å². The monoisotopic (exact) mass is 347 g/mol. The Bertz CT molecular complexity index is 679. The highest BCUT2D eigenvalue weighted by Crippen LogP contribution is 2.30. The maximum Gasteiger partial charge on any atom is 0.269 e. The first-order valence-corrected chi connectivity index (χ1v) is 8.16. The van der Waals surface area contributed by atoms with Gasteiger partial charge in [-0.3, -0.25) is 4.79 Å². The molecule has 6 heteroatoms. The van der Waals surface area contributed by atoms with Gasteiger partial charge in [-0.15, -0.1) is 0 Å². The average molecular weight is 348 g/mol. The van der Waals surface area contributed by atoms with Crippen molar-refractivity contribution in [2.24, 2.45) is 0 Å². The smallest absolute Gasteiger partial charge is 0.269 e. The van der Waals surface area contributed by atoms with Crippen LogP contribution in [0.3, 0.4) is 0 Å². The summed E-state index contributed by atoms with van der Waals surface area (Å²) in [6.45, 7) is 5.18. The van der Waals surface area contributed by atoms with Gasteiger partial charge in [-0.1, -0.05) is 17.7 Å². The van der Waals surface area contributed by atoms with Crippen LogP contribution in [-0.4, -0.2) is 31.2 Å². The Morgan fingerprint density at radius 3 is 2.71 bits per heavy atom. The van der Waals surface area contributed by atoms with Crippen LogP contribution in [0.4, 0.5) is 11.4 Å². The van der Waals surface area contributed by atoms with Crippen LogP contribution in [0.15, 0.2) is 30.5 Å². The van der Waals surface area contributed by atoms with E-state index in [1.807, 2.05) is 26.0 Å². The molecular formula is C18H22ClN3O2.